The second-order valence-electron chi connectivity index (χ2n) is 6.84. The highest BCUT2D eigenvalue weighted by Crippen LogP contribution is 2.33. The molecule has 9 heteroatoms. The maximum Gasteiger partial charge on any atom is 0.411 e. The number of phenols is 1. The van der Waals surface area contributed by atoms with E-state index in [0.717, 1.165) is 0 Å². The molecule has 0 fully saturated rings. The van der Waals surface area contributed by atoms with E-state index in [0.29, 0.717) is 5.56 Å². The van der Waals surface area contributed by atoms with E-state index in [1.807, 2.05) is 0 Å². The van der Waals surface area contributed by atoms with E-state index in [-0.39, 0.29) is 51.5 Å². The molecule has 0 saturated carbocycles. The maximum atomic E-state index is 12.6. The molecule has 1 amide bonds. The number of carbonyl (C=O) groups is 2. The van der Waals surface area contributed by atoms with Gasteiger partial charge in [0.25, 0.3) is 0 Å². The van der Waals surface area contributed by atoms with Crippen molar-refractivity contribution in [3.8, 4) is 22.8 Å². The Balaban J connectivity index is 1.75. The Labute approximate surface area is 187 Å². The number of nitrogens with one attached hydrogen (secondary N) is 1. The molecule has 0 atom stereocenters. The number of aromatic hydroxyl groups is 1. The first-order valence-corrected chi connectivity index (χ1v) is 9.92. The molecule has 9 nitrogen and oxygen atoms in total. The molecule has 4 rings (SSSR count). The number of rotatable bonds is 5. The summed E-state index contributed by atoms with van der Waals surface area (Å²) >= 11 is 0. The SMILES string of the molecule is CCOC(=O)Nc1cc(OC(=O)c2cccnc2)ccc1-c1cc(=O)c2cc(O)ccc2o1. The van der Waals surface area contributed by atoms with Crippen LogP contribution in [0.1, 0.15) is 17.3 Å². The van der Waals surface area contributed by atoms with Gasteiger partial charge in [-0.25, -0.2) is 9.59 Å². The summed E-state index contributed by atoms with van der Waals surface area (Å²) in [6.07, 6.45) is 2.17. The number of carbonyl (C=O) groups excluding carboxylic acids is 2. The summed E-state index contributed by atoms with van der Waals surface area (Å²) in [5.74, 6) is -0.385. The van der Waals surface area contributed by atoms with Crippen LogP contribution in [0.2, 0.25) is 0 Å². The number of fused-ring (bicyclic) bond motifs is 1. The van der Waals surface area contributed by atoms with Crippen molar-refractivity contribution in [2.75, 3.05) is 11.9 Å². The van der Waals surface area contributed by atoms with Crippen molar-refractivity contribution >= 4 is 28.7 Å². The molecule has 0 aliphatic heterocycles. The molecule has 0 aliphatic carbocycles. The highest BCUT2D eigenvalue weighted by molar-refractivity contribution is 5.93. The van der Waals surface area contributed by atoms with Gasteiger partial charge in [-0.2, -0.15) is 0 Å². The number of aromatic nitrogens is 1. The zero-order valence-electron chi connectivity index (χ0n) is 17.4. The molecule has 4 aromatic rings. The monoisotopic (exact) mass is 446 g/mol. The average molecular weight is 446 g/mol. The summed E-state index contributed by atoms with van der Waals surface area (Å²) in [7, 11) is 0. The number of hydrogen-bond donors (Lipinski definition) is 2. The standard InChI is InChI=1S/C24H18N2O7/c1-2-31-24(30)26-19-11-16(32-23(29)14-4-3-9-25-13-14)6-7-17(19)22-12-20(28)18-10-15(27)5-8-21(18)33-22/h3-13,27H,2H2,1H3,(H,26,30). The normalized spacial score (nSPS) is 10.6. The molecule has 0 radical (unpaired) electrons. The Morgan fingerprint density at radius 2 is 1.97 bits per heavy atom. The largest absolute Gasteiger partial charge is 0.508 e. The van der Waals surface area contributed by atoms with Crippen molar-refractivity contribution in [2.45, 2.75) is 6.92 Å². The molecule has 166 valence electrons. The average Bonchev–Trinajstić information content (AvgIpc) is 2.80. The Kier molecular flexibility index (Phi) is 6.03. The lowest BCUT2D eigenvalue weighted by Gasteiger charge is -2.13. The van der Waals surface area contributed by atoms with Crippen LogP contribution in [-0.4, -0.2) is 28.8 Å². The van der Waals surface area contributed by atoms with Crippen molar-refractivity contribution < 1.29 is 28.6 Å². The van der Waals surface area contributed by atoms with Gasteiger partial charge in [-0.15, -0.1) is 0 Å². The van der Waals surface area contributed by atoms with E-state index in [1.165, 1.54) is 54.9 Å². The van der Waals surface area contributed by atoms with Gasteiger partial charge in [-0.1, -0.05) is 0 Å². The van der Waals surface area contributed by atoms with E-state index < -0.39 is 12.1 Å². The molecule has 0 spiro atoms. The fourth-order valence-corrected chi connectivity index (χ4v) is 3.11. The zero-order chi connectivity index (χ0) is 23.4. The lowest BCUT2D eigenvalue weighted by molar-refractivity contribution is 0.0734. The number of amides is 1. The van der Waals surface area contributed by atoms with Crippen LogP contribution >= 0.6 is 0 Å². The van der Waals surface area contributed by atoms with Gasteiger partial charge in [0, 0.05) is 30.1 Å². The predicted octanol–water partition coefficient (Wildman–Crippen LogP) is 4.35. The molecular formula is C24H18N2O7. The van der Waals surface area contributed by atoms with Crippen LogP contribution < -0.4 is 15.5 Å². The van der Waals surface area contributed by atoms with E-state index in [1.54, 1.807) is 19.1 Å². The second-order valence-corrected chi connectivity index (χ2v) is 6.84. The van der Waals surface area contributed by atoms with E-state index in [9.17, 15) is 19.5 Å². The number of esters is 1. The molecule has 2 N–H and O–H groups in total. The van der Waals surface area contributed by atoms with Crippen LogP contribution in [0.25, 0.3) is 22.3 Å². The Morgan fingerprint density at radius 1 is 1.12 bits per heavy atom. The van der Waals surface area contributed by atoms with Crippen LogP contribution in [-0.2, 0) is 4.74 Å². The topological polar surface area (TPSA) is 128 Å². The molecular weight excluding hydrogens is 428 g/mol. The number of nitrogens with zero attached hydrogens (tertiary/aromatic N) is 1. The van der Waals surface area contributed by atoms with E-state index in [2.05, 4.69) is 10.3 Å². The predicted molar refractivity (Wildman–Crippen MR) is 119 cm³/mol. The van der Waals surface area contributed by atoms with Gasteiger partial charge >= 0.3 is 12.1 Å². The fourth-order valence-electron chi connectivity index (χ4n) is 3.11. The Hall–Kier alpha value is -4.66. The van der Waals surface area contributed by atoms with Gasteiger partial charge in [0.1, 0.15) is 22.8 Å². The maximum absolute atomic E-state index is 12.6. The Morgan fingerprint density at radius 3 is 2.73 bits per heavy atom. The number of benzene rings is 2. The van der Waals surface area contributed by atoms with Gasteiger partial charge in [-0.3, -0.25) is 15.1 Å². The quantitative estimate of drug-likeness (QED) is 0.342. The number of hydrogen-bond acceptors (Lipinski definition) is 8. The first kappa shape index (κ1) is 21.6. The molecule has 33 heavy (non-hydrogen) atoms. The van der Waals surface area contributed by atoms with Crippen LogP contribution in [0.5, 0.6) is 11.5 Å². The summed E-state index contributed by atoms with van der Waals surface area (Å²) in [6, 6.07) is 13.0. The van der Waals surface area contributed by atoms with Crippen LogP contribution in [0, 0.1) is 0 Å². The first-order chi connectivity index (χ1) is 15.9. The van der Waals surface area contributed by atoms with Gasteiger partial charge in [0.15, 0.2) is 5.43 Å². The smallest absolute Gasteiger partial charge is 0.411 e. The fraction of sp³-hybridized carbons (Fsp3) is 0.0833. The minimum absolute atomic E-state index is 0.0630. The lowest BCUT2D eigenvalue weighted by Crippen LogP contribution is -2.15. The van der Waals surface area contributed by atoms with Gasteiger partial charge in [0.2, 0.25) is 0 Å². The third-order valence-electron chi connectivity index (χ3n) is 4.59. The molecule has 2 heterocycles. The molecule has 0 aliphatic rings. The summed E-state index contributed by atoms with van der Waals surface area (Å²) in [5.41, 5.74) is 0.688. The summed E-state index contributed by atoms with van der Waals surface area (Å²) in [6.45, 7) is 1.80. The number of phenolic OH excluding ortho intramolecular Hbond substituents is 1. The minimum atomic E-state index is -0.734. The van der Waals surface area contributed by atoms with Crippen LogP contribution in [0.3, 0.4) is 0 Å². The highest BCUT2D eigenvalue weighted by atomic mass is 16.5. The number of ether oxygens (including phenoxy) is 2. The molecule has 0 saturated heterocycles. The Bertz CT molecular complexity index is 1400. The molecule has 2 aromatic heterocycles. The zero-order valence-corrected chi connectivity index (χ0v) is 17.4. The lowest BCUT2D eigenvalue weighted by atomic mass is 10.1. The molecule has 0 unspecified atom stereocenters. The third kappa shape index (κ3) is 4.82. The molecule has 0 bridgehead atoms. The summed E-state index contributed by atoms with van der Waals surface area (Å²) in [5, 5.41) is 12.4. The summed E-state index contributed by atoms with van der Waals surface area (Å²) < 4.78 is 16.2. The van der Waals surface area contributed by atoms with E-state index in [4.69, 9.17) is 13.9 Å². The van der Waals surface area contributed by atoms with Crippen LogP contribution in [0.4, 0.5) is 10.5 Å². The highest BCUT2D eigenvalue weighted by Gasteiger charge is 2.17. The van der Waals surface area contributed by atoms with Crippen molar-refractivity contribution in [3.63, 3.8) is 0 Å². The number of pyridine rings is 1. The summed E-state index contributed by atoms with van der Waals surface area (Å²) in [4.78, 5) is 40.9. The van der Waals surface area contributed by atoms with Crippen molar-refractivity contribution in [1.82, 2.24) is 4.98 Å². The van der Waals surface area contributed by atoms with Gasteiger partial charge < -0.3 is 19.0 Å². The van der Waals surface area contributed by atoms with E-state index >= 15 is 0 Å². The van der Waals surface area contributed by atoms with Crippen molar-refractivity contribution in [3.05, 3.63) is 82.8 Å². The first-order valence-electron chi connectivity index (χ1n) is 9.92. The van der Waals surface area contributed by atoms with Crippen molar-refractivity contribution in [2.24, 2.45) is 0 Å². The molecule has 2 aromatic carbocycles. The minimum Gasteiger partial charge on any atom is -0.508 e. The number of anilines is 1. The second kappa shape index (κ2) is 9.23. The van der Waals surface area contributed by atoms with Gasteiger partial charge in [-0.05, 0) is 49.4 Å². The van der Waals surface area contributed by atoms with Gasteiger partial charge in [0.05, 0.1) is 23.2 Å². The third-order valence-corrected chi connectivity index (χ3v) is 4.59. The van der Waals surface area contributed by atoms with Crippen LogP contribution in [0.15, 0.2) is 76.2 Å². The van der Waals surface area contributed by atoms with Crippen molar-refractivity contribution in [1.29, 1.82) is 0 Å².